The summed E-state index contributed by atoms with van der Waals surface area (Å²) in [6, 6.07) is 9.25. The summed E-state index contributed by atoms with van der Waals surface area (Å²) in [4.78, 5) is 18.6. The van der Waals surface area contributed by atoms with Gasteiger partial charge in [-0.25, -0.2) is 0 Å². The minimum atomic E-state index is -0.0440. The number of aryl methyl sites for hydroxylation is 1. The highest BCUT2D eigenvalue weighted by molar-refractivity contribution is 14.0. The molecule has 1 aliphatic rings. The number of nitrogens with zero attached hydrogens (tertiary/aromatic N) is 4. The van der Waals surface area contributed by atoms with Crippen LogP contribution in [0.25, 0.3) is 0 Å². The third kappa shape index (κ3) is 6.70. The van der Waals surface area contributed by atoms with Gasteiger partial charge in [0.05, 0.1) is 19.3 Å². The second kappa shape index (κ2) is 11.8. The monoisotopic (exact) mass is 512 g/mol. The Bertz CT molecular complexity index is 795. The van der Waals surface area contributed by atoms with E-state index in [2.05, 4.69) is 25.6 Å². The van der Waals surface area contributed by atoms with Gasteiger partial charge in [0, 0.05) is 51.1 Å². The molecule has 0 saturated carbocycles. The van der Waals surface area contributed by atoms with Crippen LogP contribution in [0.1, 0.15) is 28.4 Å². The van der Waals surface area contributed by atoms with E-state index in [0.29, 0.717) is 18.7 Å². The number of nitrogens with one attached hydrogen (secondary N) is 2. The van der Waals surface area contributed by atoms with Crippen molar-refractivity contribution in [1.82, 2.24) is 25.3 Å². The number of carbonyl (C=O) groups is 1. The molecule has 29 heavy (non-hydrogen) atoms. The van der Waals surface area contributed by atoms with Crippen molar-refractivity contribution < 1.29 is 9.53 Å². The molecular formula is C20H29IN6O2. The van der Waals surface area contributed by atoms with Gasteiger partial charge in [-0.15, -0.1) is 24.0 Å². The summed E-state index contributed by atoms with van der Waals surface area (Å²) >= 11 is 0. The SMILES string of the molecule is CN=C(NCCCNC(=O)c1ccccc1)N1CCOC(c2cnn(C)c2)C1.I. The molecule has 0 radical (unpaired) electrons. The number of benzene rings is 1. The molecule has 2 N–H and O–H groups in total. The number of carbonyl (C=O) groups excluding carboxylic acids is 1. The number of hydrogen-bond donors (Lipinski definition) is 2. The van der Waals surface area contributed by atoms with E-state index in [0.717, 1.165) is 37.6 Å². The Labute approximate surface area is 188 Å². The normalized spacial score (nSPS) is 16.8. The van der Waals surface area contributed by atoms with Crippen molar-refractivity contribution in [1.29, 1.82) is 0 Å². The molecule has 1 amide bonds. The predicted octanol–water partition coefficient (Wildman–Crippen LogP) is 1.81. The fraction of sp³-hybridized carbons (Fsp3) is 0.450. The highest BCUT2D eigenvalue weighted by Crippen LogP contribution is 2.21. The summed E-state index contributed by atoms with van der Waals surface area (Å²) in [7, 11) is 3.69. The quantitative estimate of drug-likeness (QED) is 0.267. The zero-order chi connectivity index (χ0) is 19.8. The summed E-state index contributed by atoms with van der Waals surface area (Å²) in [5.41, 5.74) is 1.76. The topological polar surface area (TPSA) is 83.8 Å². The van der Waals surface area contributed by atoms with E-state index in [4.69, 9.17) is 4.74 Å². The van der Waals surface area contributed by atoms with Gasteiger partial charge in [-0.1, -0.05) is 18.2 Å². The molecule has 0 spiro atoms. The standard InChI is InChI=1S/C20H28N6O2.HI/c1-21-20(23-10-6-9-22-19(27)16-7-4-3-5-8-16)26-11-12-28-18(15-26)17-13-24-25(2)14-17;/h3-5,7-8,13-14,18H,6,9-12,15H2,1-2H3,(H,21,23)(H,22,27);1H. The number of guanidine groups is 1. The third-order valence-electron chi connectivity index (χ3n) is 4.63. The maximum absolute atomic E-state index is 12.0. The van der Waals surface area contributed by atoms with Crippen LogP contribution in [0.3, 0.4) is 0 Å². The first-order valence-electron chi connectivity index (χ1n) is 9.56. The summed E-state index contributed by atoms with van der Waals surface area (Å²) in [6.07, 6.45) is 4.64. The molecule has 2 heterocycles. The van der Waals surface area contributed by atoms with Crippen LogP contribution in [-0.2, 0) is 11.8 Å². The Morgan fingerprint density at radius 3 is 2.72 bits per heavy atom. The molecule has 0 aliphatic carbocycles. The number of amides is 1. The molecule has 1 fully saturated rings. The van der Waals surface area contributed by atoms with Crippen molar-refractivity contribution in [2.75, 3.05) is 39.8 Å². The second-order valence-electron chi connectivity index (χ2n) is 6.70. The minimum absolute atomic E-state index is 0. The third-order valence-corrected chi connectivity index (χ3v) is 4.63. The van der Waals surface area contributed by atoms with Crippen molar-refractivity contribution in [3.05, 3.63) is 53.9 Å². The first-order valence-corrected chi connectivity index (χ1v) is 9.56. The number of morpholine rings is 1. The van der Waals surface area contributed by atoms with Gasteiger partial charge >= 0.3 is 0 Å². The molecule has 3 rings (SSSR count). The Balaban J connectivity index is 0.00000300. The number of rotatable bonds is 6. The van der Waals surface area contributed by atoms with E-state index in [1.165, 1.54) is 0 Å². The van der Waals surface area contributed by atoms with E-state index < -0.39 is 0 Å². The van der Waals surface area contributed by atoms with E-state index in [1.807, 2.05) is 49.8 Å². The molecule has 158 valence electrons. The molecule has 1 aliphatic heterocycles. The molecule has 1 unspecified atom stereocenters. The molecule has 8 nitrogen and oxygen atoms in total. The van der Waals surface area contributed by atoms with E-state index >= 15 is 0 Å². The lowest BCUT2D eigenvalue weighted by atomic mass is 10.1. The average Bonchev–Trinajstić information content (AvgIpc) is 3.17. The van der Waals surface area contributed by atoms with Crippen LogP contribution in [0.2, 0.25) is 0 Å². The largest absolute Gasteiger partial charge is 0.370 e. The van der Waals surface area contributed by atoms with Gasteiger partial charge in [-0.05, 0) is 18.6 Å². The number of aliphatic imine (C=N–C) groups is 1. The number of aromatic nitrogens is 2. The zero-order valence-electron chi connectivity index (χ0n) is 16.9. The molecule has 1 saturated heterocycles. The van der Waals surface area contributed by atoms with Gasteiger partial charge in [0.2, 0.25) is 0 Å². The second-order valence-corrected chi connectivity index (χ2v) is 6.70. The van der Waals surface area contributed by atoms with Crippen molar-refractivity contribution in [2.45, 2.75) is 12.5 Å². The zero-order valence-corrected chi connectivity index (χ0v) is 19.2. The lowest BCUT2D eigenvalue weighted by Gasteiger charge is -2.34. The molecule has 9 heteroatoms. The van der Waals surface area contributed by atoms with Crippen molar-refractivity contribution in [2.24, 2.45) is 12.0 Å². The van der Waals surface area contributed by atoms with Gasteiger partial charge in [-0.2, -0.15) is 5.10 Å². The first kappa shape index (κ1) is 23.1. The fourth-order valence-corrected chi connectivity index (χ4v) is 3.16. The van der Waals surface area contributed by atoms with Crippen molar-refractivity contribution in [3.8, 4) is 0 Å². The van der Waals surface area contributed by atoms with Crippen molar-refractivity contribution >= 4 is 35.8 Å². The highest BCUT2D eigenvalue weighted by Gasteiger charge is 2.24. The van der Waals surface area contributed by atoms with Gasteiger partial charge in [0.15, 0.2) is 5.96 Å². The van der Waals surface area contributed by atoms with Crippen LogP contribution in [0.15, 0.2) is 47.7 Å². The average molecular weight is 512 g/mol. The van der Waals surface area contributed by atoms with Gasteiger partial charge in [0.1, 0.15) is 6.10 Å². The molecule has 2 aromatic rings. The number of ether oxygens (including phenoxy) is 1. The Morgan fingerprint density at radius 2 is 2.03 bits per heavy atom. The summed E-state index contributed by atoms with van der Waals surface area (Å²) < 4.78 is 7.67. The first-order chi connectivity index (χ1) is 13.7. The van der Waals surface area contributed by atoms with Gasteiger partial charge < -0.3 is 20.3 Å². The molecule has 1 aromatic heterocycles. The van der Waals surface area contributed by atoms with Crippen LogP contribution < -0.4 is 10.6 Å². The van der Waals surface area contributed by atoms with Crippen LogP contribution >= 0.6 is 24.0 Å². The number of hydrogen-bond acceptors (Lipinski definition) is 4. The number of halogens is 1. The Morgan fingerprint density at radius 1 is 1.28 bits per heavy atom. The Kier molecular flexibility index (Phi) is 9.39. The lowest BCUT2D eigenvalue weighted by molar-refractivity contribution is -0.00801. The van der Waals surface area contributed by atoms with E-state index in [-0.39, 0.29) is 36.0 Å². The lowest BCUT2D eigenvalue weighted by Crippen LogP contribution is -2.48. The van der Waals surface area contributed by atoms with E-state index in [9.17, 15) is 4.79 Å². The van der Waals surface area contributed by atoms with Crippen LogP contribution in [0.4, 0.5) is 0 Å². The maximum Gasteiger partial charge on any atom is 0.251 e. The smallest absolute Gasteiger partial charge is 0.251 e. The van der Waals surface area contributed by atoms with Crippen LogP contribution in [0.5, 0.6) is 0 Å². The molecule has 0 bridgehead atoms. The predicted molar refractivity (Wildman–Crippen MR) is 124 cm³/mol. The van der Waals surface area contributed by atoms with Crippen LogP contribution in [-0.4, -0.2) is 66.4 Å². The fourth-order valence-electron chi connectivity index (χ4n) is 3.16. The summed E-state index contributed by atoms with van der Waals surface area (Å²) in [5, 5.41) is 10.5. The molecular weight excluding hydrogens is 483 g/mol. The molecule has 1 atom stereocenters. The van der Waals surface area contributed by atoms with Gasteiger partial charge in [-0.3, -0.25) is 14.5 Å². The Hall–Kier alpha value is -2.14. The van der Waals surface area contributed by atoms with Crippen molar-refractivity contribution in [3.63, 3.8) is 0 Å². The highest BCUT2D eigenvalue weighted by atomic mass is 127. The summed E-state index contributed by atoms with van der Waals surface area (Å²) in [6.45, 7) is 3.51. The molecule has 1 aromatic carbocycles. The summed E-state index contributed by atoms with van der Waals surface area (Å²) in [5.74, 6) is 0.809. The van der Waals surface area contributed by atoms with E-state index in [1.54, 1.807) is 11.7 Å². The van der Waals surface area contributed by atoms with Gasteiger partial charge in [0.25, 0.3) is 5.91 Å². The van der Waals surface area contributed by atoms with Crippen LogP contribution in [0, 0.1) is 0 Å². The maximum atomic E-state index is 12.0. The minimum Gasteiger partial charge on any atom is -0.370 e.